The molecule has 33 heavy (non-hydrogen) atoms. The van der Waals surface area contributed by atoms with Crippen molar-refractivity contribution in [3.63, 3.8) is 0 Å². The van der Waals surface area contributed by atoms with E-state index in [9.17, 15) is 18.1 Å². The maximum atomic E-state index is 12.3. The van der Waals surface area contributed by atoms with Gasteiger partial charge < -0.3 is 14.6 Å². The molecule has 1 aliphatic heterocycles. The van der Waals surface area contributed by atoms with Crippen LogP contribution in [0, 0.1) is 0 Å². The van der Waals surface area contributed by atoms with Crippen LogP contribution in [0.2, 0.25) is 0 Å². The predicted octanol–water partition coefficient (Wildman–Crippen LogP) is 2.75. The first kappa shape index (κ1) is 26.0. The molecule has 1 heterocycles. The lowest BCUT2D eigenvalue weighted by molar-refractivity contribution is 0.162. The molecule has 1 aliphatic rings. The normalized spacial score (nSPS) is 17.2. The van der Waals surface area contributed by atoms with Gasteiger partial charge >= 0.3 is 0 Å². The summed E-state index contributed by atoms with van der Waals surface area (Å²) < 4.78 is 38.8. The minimum absolute atomic E-state index is 0.0305. The van der Waals surface area contributed by atoms with E-state index in [0.29, 0.717) is 12.0 Å². The quantitative estimate of drug-likeness (QED) is 0.369. The summed E-state index contributed by atoms with van der Waals surface area (Å²) in [7, 11) is -2.43. The minimum Gasteiger partial charge on any atom is -0.612 e. The number of rotatable bonds is 11. The summed E-state index contributed by atoms with van der Waals surface area (Å²) >= 11 is -1.44. The van der Waals surface area contributed by atoms with Gasteiger partial charge in [0.05, 0.1) is 6.10 Å². The molecule has 7 nitrogen and oxygen atoms in total. The van der Waals surface area contributed by atoms with Gasteiger partial charge in [-0.05, 0) is 67.4 Å². The van der Waals surface area contributed by atoms with E-state index in [1.54, 1.807) is 6.07 Å². The fourth-order valence-electron chi connectivity index (χ4n) is 4.17. The van der Waals surface area contributed by atoms with Crippen molar-refractivity contribution in [2.45, 2.75) is 41.6 Å². The zero-order chi connectivity index (χ0) is 23.8. The molecule has 2 aromatic rings. The smallest absolute Gasteiger partial charge is 0.245 e. The number of aliphatic hydroxyl groups excluding tert-OH is 1. The summed E-state index contributed by atoms with van der Waals surface area (Å²) in [5, 5.41) is 10.6. The number of benzene rings is 2. The van der Waals surface area contributed by atoms with Gasteiger partial charge in [-0.25, -0.2) is 13.1 Å². The molecule has 0 aromatic heterocycles. The zero-order valence-electron chi connectivity index (χ0n) is 19.4. The van der Waals surface area contributed by atoms with Crippen LogP contribution in [0.1, 0.15) is 37.4 Å². The van der Waals surface area contributed by atoms with E-state index in [-0.39, 0.29) is 9.79 Å². The van der Waals surface area contributed by atoms with Crippen LogP contribution in [-0.2, 0) is 21.2 Å². The maximum absolute atomic E-state index is 12.3. The summed E-state index contributed by atoms with van der Waals surface area (Å²) in [6.07, 6.45) is 4.21. The number of sulfonamides is 1. The van der Waals surface area contributed by atoms with Crippen LogP contribution in [0.3, 0.4) is 0 Å². The first-order chi connectivity index (χ1) is 15.8. The van der Waals surface area contributed by atoms with Crippen molar-refractivity contribution >= 4 is 26.9 Å². The lowest BCUT2D eigenvalue weighted by Gasteiger charge is -2.36. The molecule has 2 unspecified atom stereocenters. The van der Waals surface area contributed by atoms with Crippen LogP contribution in [0.15, 0.2) is 58.3 Å². The molecule has 0 amide bonds. The van der Waals surface area contributed by atoms with Gasteiger partial charge in [0.25, 0.3) is 0 Å². The Bertz CT molecular complexity index is 978. The third kappa shape index (κ3) is 7.18. The van der Waals surface area contributed by atoms with Crippen LogP contribution in [-0.4, -0.2) is 69.0 Å². The second kappa shape index (κ2) is 12.2. The summed E-state index contributed by atoms with van der Waals surface area (Å²) in [6.45, 7) is 5.26. The molecule has 9 heteroatoms. The highest BCUT2D eigenvalue weighted by molar-refractivity contribution is 7.93. The largest absolute Gasteiger partial charge is 0.612 e. The van der Waals surface area contributed by atoms with E-state index < -0.39 is 27.3 Å². The predicted molar refractivity (Wildman–Crippen MR) is 134 cm³/mol. The van der Waals surface area contributed by atoms with Gasteiger partial charge in [-0.15, -0.1) is 0 Å². The average Bonchev–Trinajstić information content (AvgIpc) is 2.84. The molecule has 2 aromatic carbocycles. The molecule has 1 fully saturated rings. The van der Waals surface area contributed by atoms with Crippen molar-refractivity contribution in [1.82, 2.24) is 9.62 Å². The highest BCUT2D eigenvalue weighted by Crippen LogP contribution is 2.27. The van der Waals surface area contributed by atoms with E-state index in [0.717, 1.165) is 52.0 Å². The van der Waals surface area contributed by atoms with Crippen molar-refractivity contribution in [3.8, 4) is 0 Å². The van der Waals surface area contributed by atoms with Crippen molar-refractivity contribution < 1.29 is 18.1 Å². The fourth-order valence-corrected chi connectivity index (χ4v) is 6.30. The number of aliphatic hydroxyl groups is 1. The Labute approximate surface area is 201 Å². The Morgan fingerprint density at radius 2 is 1.76 bits per heavy atom. The van der Waals surface area contributed by atoms with Crippen LogP contribution in [0.4, 0.5) is 5.69 Å². The zero-order valence-corrected chi connectivity index (χ0v) is 21.1. The van der Waals surface area contributed by atoms with E-state index in [2.05, 4.69) is 38.8 Å². The molecule has 1 saturated heterocycles. The molecular weight excluding hydrogens is 458 g/mol. The van der Waals surface area contributed by atoms with Gasteiger partial charge in [0.15, 0.2) is 4.90 Å². The van der Waals surface area contributed by atoms with Gasteiger partial charge in [0, 0.05) is 31.9 Å². The van der Waals surface area contributed by atoms with Crippen LogP contribution >= 0.6 is 0 Å². The Morgan fingerprint density at radius 1 is 1.06 bits per heavy atom. The number of anilines is 1. The molecule has 0 aliphatic carbocycles. The molecule has 0 saturated carbocycles. The van der Waals surface area contributed by atoms with E-state index >= 15 is 0 Å². The van der Waals surface area contributed by atoms with Crippen LogP contribution in [0.5, 0.6) is 0 Å². The number of unbranched alkanes of at least 4 members (excludes halogenated alkanes) is 2. The van der Waals surface area contributed by atoms with Gasteiger partial charge in [-0.2, -0.15) is 0 Å². The molecule has 0 radical (unpaired) electrons. The first-order valence-electron chi connectivity index (χ1n) is 11.4. The lowest BCUT2D eigenvalue weighted by Crippen LogP contribution is -2.46. The molecule has 0 spiro atoms. The Kier molecular flexibility index (Phi) is 9.60. The first-order valence-corrected chi connectivity index (χ1v) is 14.5. The highest BCUT2D eigenvalue weighted by Gasteiger charge is 2.24. The van der Waals surface area contributed by atoms with Crippen LogP contribution < -0.4 is 9.62 Å². The van der Waals surface area contributed by atoms with Gasteiger partial charge in [0.1, 0.15) is 11.2 Å². The van der Waals surface area contributed by atoms with Crippen molar-refractivity contribution in [2.24, 2.45) is 0 Å². The number of nitrogens with zero attached hydrogens (tertiary/aromatic N) is 2. The Hall–Kier alpha value is -1.62. The van der Waals surface area contributed by atoms with Gasteiger partial charge in [0.2, 0.25) is 10.0 Å². The highest BCUT2D eigenvalue weighted by atomic mass is 32.2. The third-order valence-corrected chi connectivity index (χ3v) is 8.72. The summed E-state index contributed by atoms with van der Waals surface area (Å²) in [5.74, 6) is 0. The SMILES string of the molecule is CNS(=O)(=O)c1cc(C(O)CCCCCN2CCN(c3ccccc3)CC2)ccc1[S+](C)[O-]. The van der Waals surface area contributed by atoms with Crippen molar-refractivity contribution in [3.05, 3.63) is 54.1 Å². The summed E-state index contributed by atoms with van der Waals surface area (Å²) in [4.78, 5) is 5.13. The van der Waals surface area contributed by atoms with Crippen molar-refractivity contribution in [2.75, 3.05) is 50.9 Å². The van der Waals surface area contributed by atoms with Crippen LogP contribution in [0.25, 0.3) is 0 Å². The minimum atomic E-state index is -3.76. The summed E-state index contributed by atoms with van der Waals surface area (Å²) in [6, 6.07) is 15.2. The molecule has 182 valence electrons. The molecule has 2 N–H and O–H groups in total. The van der Waals surface area contributed by atoms with E-state index in [1.165, 1.54) is 31.1 Å². The number of hydrogen-bond donors (Lipinski definition) is 2. The molecule has 3 rings (SSSR count). The number of nitrogens with one attached hydrogen (secondary N) is 1. The Balaban J connectivity index is 1.42. The van der Waals surface area contributed by atoms with Gasteiger partial charge in [-0.1, -0.05) is 37.1 Å². The Morgan fingerprint density at radius 3 is 2.39 bits per heavy atom. The van der Waals surface area contributed by atoms with Gasteiger partial charge in [-0.3, -0.25) is 4.90 Å². The average molecular weight is 494 g/mol. The van der Waals surface area contributed by atoms with E-state index in [4.69, 9.17) is 0 Å². The number of hydrogen-bond acceptors (Lipinski definition) is 6. The number of piperazine rings is 1. The molecule has 0 bridgehead atoms. The van der Waals surface area contributed by atoms with Crippen molar-refractivity contribution in [1.29, 1.82) is 0 Å². The fraction of sp³-hybridized carbons (Fsp3) is 0.500. The molecular formula is C24H35N3O4S2. The maximum Gasteiger partial charge on any atom is 0.245 e. The monoisotopic (exact) mass is 493 g/mol. The topological polar surface area (TPSA) is 95.9 Å². The third-order valence-electron chi connectivity index (χ3n) is 6.17. The van der Waals surface area contributed by atoms with E-state index in [1.807, 2.05) is 6.07 Å². The lowest BCUT2D eigenvalue weighted by atomic mass is 10.0. The second-order valence-corrected chi connectivity index (χ2v) is 11.6. The molecule has 2 atom stereocenters. The second-order valence-electron chi connectivity index (χ2n) is 8.40. The summed E-state index contributed by atoms with van der Waals surface area (Å²) in [5.41, 5.74) is 1.82. The standard InChI is InChI=1S/C24H35N3O4S2/c1-25-33(30,31)24-19-20(12-13-23(24)32(2)29)22(28)11-7-4-8-14-26-15-17-27(18-16-26)21-9-5-3-6-10-21/h3,5-6,9-10,12-13,19,22,25,28H,4,7-8,11,14-18H2,1-2H3. The number of para-hydroxylation sites is 1.